The van der Waals surface area contributed by atoms with E-state index >= 15 is 0 Å². The van der Waals surface area contributed by atoms with Gasteiger partial charge in [-0.05, 0) is 43.0 Å². The summed E-state index contributed by atoms with van der Waals surface area (Å²) in [6.45, 7) is 2.16. The average Bonchev–Trinajstić information content (AvgIpc) is 2.61. The van der Waals surface area contributed by atoms with Crippen molar-refractivity contribution < 1.29 is 14.2 Å². The maximum Gasteiger partial charge on any atom is 0.126 e. The number of benzene rings is 2. The van der Waals surface area contributed by atoms with Crippen LogP contribution in [0.5, 0.6) is 17.2 Å². The van der Waals surface area contributed by atoms with Crippen LogP contribution in [0.1, 0.15) is 31.7 Å². The van der Waals surface area contributed by atoms with Gasteiger partial charge in [0, 0.05) is 12.5 Å². The molecule has 0 bridgehead atoms. The second-order valence-electron chi connectivity index (χ2n) is 5.95. The summed E-state index contributed by atoms with van der Waals surface area (Å²) in [7, 11) is 1.68. The molecule has 0 amide bonds. The molecule has 2 unspecified atom stereocenters. The Hall–Kier alpha value is -2.16. The van der Waals surface area contributed by atoms with Crippen molar-refractivity contribution in [2.24, 2.45) is 0 Å². The first kappa shape index (κ1) is 15.7. The molecule has 0 spiro atoms. The first-order valence-corrected chi connectivity index (χ1v) is 8.33. The summed E-state index contributed by atoms with van der Waals surface area (Å²) in [6, 6.07) is 16.1. The van der Waals surface area contributed by atoms with Crippen molar-refractivity contribution in [3.8, 4) is 17.2 Å². The van der Waals surface area contributed by atoms with Gasteiger partial charge in [0.25, 0.3) is 0 Å². The van der Waals surface area contributed by atoms with Crippen LogP contribution in [0.25, 0.3) is 0 Å². The fourth-order valence-electron chi connectivity index (χ4n) is 2.98. The van der Waals surface area contributed by atoms with E-state index in [0.29, 0.717) is 0 Å². The van der Waals surface area contributed by atoms with Crippen molar-refractivity contribution in [3.63, 3.8) is 0 Å². The lowest BCUT2D eigenvalue weighted by atomic mass is 9.98. The first-order valence-electron chi connectivity index (χ1n) is 8.33. The van der Waals surface area contributed by atoms with Gasteiger partial charge in [0.05, 0.1) is 7.11 Å². The van der Waals surface area contributed by atoms with Crippen LogP contribution in [-0.4, -0.2) is 19.3 Å². The van der Waals surface area contributed by atoms with E-state index in [0.717, 1.165) is 42.9 Å². The largest absolute Gasteiger partial charge is 0.497 e. The maximum absolute atomic E-state index is 6.18. The minimum Gasteiger partial charge on any atom is -0.497 e. The number of fused-ring (bicyclic) bond motifs is 1. The summed E-state index contributed by atoms with van der Waals surface area (Å²) >= 11 is 0. The normalized spacial score (nSPS) is 17.7. The van der Waals surface area contributed by atoms with Crippen molar-refractivity contribution in [1.29, 1.82) is 0 Å². The van der Waals surface area contributed by atoms with Gasteiger partial charge in [-0.3, -0.25) is 0 Å². The van der Waals surface area contributed by atoms with Crippen LogP contribution in [0.15, 0.2) is 48.5 Å². The molecular weight excluding hydrogens is 288 g/mol. The fraction of sp³-hybridized carbons (Fsp3) is 0.400. The van der Waals surface area contributed by atoms with E-state index in [-0.39, 0.29) is 12.2 Å². The van der Waals surface area contributed by atoms with Crippen molar-refractivity contribution in [1.82, 2.24) is 0 Å². The van der Waals surface area contributed by atoms with E-state index in [2.05, 4.69) is 13.0 Å². The summed E-state index contributed by atoms with van der Waals surface area (Å²) in [5.41, 5.74) is 1.26. The van der Waals surface area contributed by atoms with Gasteiger partial charge in [0.15, 0.2) is 0 Å². The van der Waals surface area contributed by atoms with E-state index in [1.54, 1.807) is 7.11 Å². The molecule has 0 saturated carbocycles. The number of methoxy groups -OCH3 is 1. The molecule has 3 heteroatoms. The lowest BCUT2D eigenvalue weighted by Gasteiger charge is -2.29. The van der Waals surface area contributed by atoms with E-state index in [1.165, 1.54) is 5.56 Å². The van der Waals surface area contributed by atoms with Crippen LogP contribution in [0.3, 0.4) is 0 Å². The Kier molecular flexibility index (Phi) is 5.06. The van der Waals surface area contributed by atoms with E-state index < -0.39 is 0 Å². The van der Waals surface area contributed by atoms with Crippen molar-refractivity contribution in [3.05, 3.63) is 54.1 Å². The van der Waals surface area contributed by atoms with E-state index in [4.69, 9.17) is 14.2 Å². The van der Waals surface area contributed by atoms with Gasteiger partial charge < -0.3 is 14.2 Å². The van der Waals surface area contributed by atoms with Crippen LogP contribution in [0.4, 0.5) is 0 Å². The van der Waals surface area contributed by atoms with Crippen LogP contribution < -0.4 is 14.2 Å². The van der Waals surface area contributed by atoms with Gasteiger partial charge in [-0.25, -0.2) is 0 Å². The first-order chi connectivity index (χ1) is 11.3. The van der Waals surface area contributed by atoms with Crippen LogP contribution in [0.2, 0.25) is 0 Å². The number of ether oxygens (including phenoxy) is 3. The molecule has 1 aliphatic heterocycles. The Morgan fingerprint density at radius 3 is 2.70 bits per heavy atom. The van der Waals surface area contributed by atoms with Gasteiger partial charge in [0.1, 0.15) is 29.5 Å². The highest BCUT2D eigenvalue weighted by Gasteiger charge is 2.24. The molecule has 2 aromatic carbocycles. The van der Waals surface area contributed by atoms with Gasteiger partial charge in [-0.2, -0.15) is 0 Å². The summed E-state index contributed by atoms with van der Waals surface area (Å²) in [5, 5.41) is 0. The summed E-state index contributed by atoms with van der Waals surface area (Å²) in [4.78, 5) is 0. The molecule has 1 aliphatic rings. The molecule has 122 valence electrons. The molecule has 0 fully saturated rings. The maximum atomic E-state index is 6.18. The lowest BCUT2D eigenvalue weighted by Crippen LogP contribution is -2.30. The predicted octanol–water partition coefficient (Wildman–Crippen LogP) is 4.64. The molecule has 0 aliphatic carbocycles. The second kappa shape index (κ2) is 7.40. The number of hydrogen-bond acceptors (Lipinski definition) is 3. The van der Waals surface area contributed by atoms with Crippen LogP contribution in [0, 0.1) is 0 Å². The van der Waals surface area contributed by atoms with Crippen molar-refractivity contribution in [2.75, 3.05) is 7.11 Å². The molecule has 0 saturated heterocycles. The molecule has 3 rings (SSSR count). The fourth-order valence-corrected chi connectivity index (χ4v) is 2.98. The van der Waals surface area contributed by atoms with Gasteiger partial charge in [0.2, 0.25) is 0 Å². The zero-order valence-corrected chi connectivity index (χ0v) is 13.8. The van der Waals surface area contributed by atoms with E-state index in [1.807, 2.05) is 42.5 Å². The van der Waals surface area contributed by atoms with Crippen molar-refractivity contribution >= 4 is 0 Å². The van der Waals surface area contributed by atoms with Crippen LogP contribution in [-0.2, 0) is 6.42 Å². The SMILES string of the molecule is CCC(CC1CCc2ccc(OC)cc2O1)Oc1ccccc1. The van der Waals surface area contributed by atoms with Crippen LogP contribution >= 0.6 is 0 Å². The van der Waals surface area contributed by atoms with Crippen molar-refractivity contribution in [2.45, 2.75) is 44.8 Å². The standard InChI is InChI=1S/C20H24O3/c1-3-16(22-17-7-5-4-6-8-17)13-19-12-10-15-9-11-18(21-2)14-20(15)23-19/h4-9,11,14,16,19H,3,10,12-13H2,1-2H3. The molecule has 0 N–H and O–H groups in total. The topological polar surface area (TPSA) is 27.7 Å². The Morgan fingerprint density at radius 2 is 1.96 bits per heavy atom. The summed E-state index contributed by atoms with van der Waals surface area (Å²) in [6.07, 6.45) is 4.33. The highest BCUT2D eigenvalue weighted by Crippen LogP contribution is 2.33. The zero-order chi connectivity index (χ0) is 16.1. The number of aryl methyl sites for hydroxylation is 1. The molecule has 2 atom stereocenters. The summed E-state index contributed by atoms with van der Waals surface area (Å²) < 4.78 is 17.6. The Labute approximate surface area is 138 Å². The number of rotatable bonds is 6. The Bertz CT molecular complexity index is 624. The molecule has 23 heavy (non-hydrogen) atoms. The molecular formula is C20H24O3. The monoisotopic (exact) mass is 312 g/mol. The third-order valence-electron chi connectivity index (χ3n) is 4.33. The second-order valence-corrected chi connectivity index (χ2v) is 5.95. The number of hydrogen-bond donors (Lipinski definition) is 0. The van der Waals surface area contributed by atoms with Gasteiger partial charge in [-0.15, -0.1) is 0 Å². The quantitative estimate of drug-likeness (QED) is 0.778. The number of para-hydroxylation sites is 1. The Balaban J connectivity index is 1.63. The highest BCUT2D eigenvalue weighted by molar-refractivity contribution is 5.42. The Morgan fingerprint density at radius 1 is 1.13 bits per heavy atom. The predicted molar refractivity (Wildman–Crippen MR) is 91.5 cm³/mol. The zero-order valence-electron chi connectivity index (χ0n) is 13.8. The minimum absolute atomic E-state index is 0.176. The molecule has 3 nitrogen and oxygen atoms in total. The van der Waals surface area contributed by atoms with Gasteiger partial charge >= 0.3 is 0 Å². The molecule has 0 radical (unpaired) electrons. The third kappa shape index (κ3) is 3.98. The lowest BCUT2D eigenvalue weighted by molar-refractivity contribution is 0.0939. The third-order valence-corrected chi connectivity index (χ3v) is 4.33. The smallest absolute Gasteiger partial charge is 0.126 e. The average molecular weight is 312 g/mol. The minimum atomic E-state index is 0.176. The highest BCUT2D eigenvalue weighted by atomic mass is 16.5. The van der Waals surface area contributed by atoms with E-state index in [9.17, 15) is 0 Å². The van der Waals surface area contributed by atoms with Gasteiger partial charge in [-0.1, -0.05) is 31.2 Å². The molecule has 0 aromatic heterocycles. The molecule has 1 heterocycles. The summed E-state index contributed by atoms with van der Waals surface area (Å²) in [5.74, 6) is 2.73. The molecule has 2 aromatic rings.